The maximum absolute atomic E-state index is 12.5. The van der Waals surface area contributed by atoms with Crippen LogP contribution in [0.25, 0.3) is 0 Å². The molecule has 0 spiro atoms. The van der Waals surface area contributed by atoms with Gasteiger partial charge < -0.3 is 14.2 Å². The van der Waals surface area contributed by atoms with Gasteiger partial charge in [-0.3, -0.25) is 9.69 Å². The van der Waals surface area contributed by atoms with Gasteiger partial charge in [-0.05, 0) is 31.0 Å². The van der Waals surface area contributed by atoms with Crippen molar-refractivity contribution in [2.24, 2.45) is 0 Å². The average molecular weight is 321 g/mol. The van der Waals surface area contributed by atoms with Gasteiger partial charge in [0, 0.05) is 18.7 Å². The zero-order chi connectivity index (χ0) is 16.5. The Morgan fingerprint density at radius 1 is 1.09 bits per heavy atom. The van der Waals surface area contributed by atoms with Gasteiger partial charge in [0.05, 0.1) is 33.0 Å². The molecule has 1 aliphatic rings. The number of carbonyl (C=O) groups excluding carboxylic acids is 1. The molecule has 0 unspecified atom stereocenters. The highest BCUT2D eigenvalue weighted by atomic mass is 16.5. The van der Waals surface area contributed by atoms with E-state index in [2.05, 4.69) is 18.7 Å². The first kappa shape index (κ1) is 17.8. The number of hydrogen-bond acceptors (Lipinski definition) is 5. The standard InChI is InChI=1S/C18H27NO4/c1-3-9-22-17-6-5-15(13-18(17)23-10-4-2)16(20)14-19-7-11-21-12-8-19/h5-6,13H,3-4,7-12,14H2,1-2H3. The first-order chi connectivity index (χ1) is 11.2. The van der Waals surface area contributed by atoms with Crippen LogP contribution in [0.2, 0.25) is 0 Å². The van der Waals surface area contributed by atoms with Crippen LogP contribution in [0.1, 0.15) is 37.0 Å². The van der Waals surface area contributed by atoms with Crippen LogP contribution in [0.5, 0.6) is 11.5 Å². The van der Waals surface area contributed by atoms with Crippen LogP contribution in [0.15, 0.2) is 18.2 Å². The van der Waals surface area contributed by atoms with E-state index in [9.17, 15) is 4.79 Å². The van der Waals surface area contributed by atoms with E-state index in [-0.39, 0.29) is 5.78 Å². The zero-order valence-electron chi connectivity index (χ0n) is 14.2. The molecule has 1 heterocycles. The summed E-state index contributed by atoms with van der Waals surface area (Å²) in [5.74, 6) is 1.48. The molecule has 0 aliphatic carbocycles. The third kappa shape index (κ3) is 5.52. The van der Waals surface area contributed by atoms with Gasteiger partial charge in [-0.15, -0.1) is 0 Å². The van der Waals surface area contributed by atoms with E-state index >= 15 is 0 Å². The van der Waals surface area contributed by atoms with E-state index in [1.165, 1.54) is 0 Å². The van der Waals surface area contributed by atoms with Crippen molar-refractivity contribution in [3.8, 4) is 11.5 Å². The van der Waals surface area contributed by atoms with Gasteiger partial charge in [-0.2, -0.15) is 0 Å². The molecule has 1 aromatic rings. The lowest BCUT2D eigenvalue weighted by Gasteiger charge is -2.25. The van der Waals surface area contributed by atoms with Crippen molar-refractivity contribution in [1.82, 2.24) is 4.90 Å². The number of morpholine rings is 1. The molecule has 23 heavy (non-hydrogen) atoms. The van der Waals surface area contributed by atoms with Crippen LogP contribution in [-0.2, 0) is 4.74 Å². The third-order valence-corrected chi connectivity index (χ3v) is 3.66. The topological polar surface area (TPSA) is 48.0 Å². The summed E-state index contributed by atoms with van der Waals surface area (Å²) in [4.78, 5) is 14.6. The minimum Gasteiger partial charge on any atom is -0.490 e. The SMILES string of the molecule is CCCOc1ccc(C(=O)CN2CCOCC2)cc1OCCC. The highest BCUT2D eigenvalue weighted by Crippen LogP contribution is 2.29. The highest BCUT2D eigenvalue weighted by molar-refractivity contribution is 5.98. The van der Waals surface area contributed by atoms with Crippen LogP contribution in [-0.4, -0.2) is 56.7 Å². The van der Waals surface area contributed by atoms with Crippen LogP contribution in [0, 0.1) is 0 Å². The van der Waals surface area contributed by atoms with E-state index in [0.29, 0.717) is 50.0 Å². The van der Waals surface area contributed by atoms with Gasteiger partial charge in [-0.25, -0.2) is 0 Å². The molecule has 1 saturated heterocycles. The zero-order valence-corrected chi connectivity index (χ0v) is 14.2. The molecule has 128 valence electrons. The number of carbonyl (C=O) groups is 1. The number of hydrogen-bond donors (Lipinski definition) is 0. The summed E-state index contributed by atoms with van der Waals surface area (Å²) in [6, 6.07) is 5.48. The monoisotopic (exact) mass is 321 g/mol. The average Bonchev–Trinajstić information content (AvgIpc) is 2.59. The van der Waals surface area contributed by atoms with Crippen molar-refractivity contribution in [2.45, 2.75) is 26.7 Å². The summed E-state index contributed by atoms with van der Waals surface area (Å²) in [5, 5.41) is 0. The number of Topliss-reactive ketones (excluding diaryl/α,β-unsaturated/α-hetero) is 1. The lowest BCUT2D eigenvalue weighted by Crippen LogP contribution is -2.39. The van der Waals surface area contributed by atoms with Gasteiger partial charge in [0.1, 0.15) is 0 Å². The molecule has 0 aromatic heterocycles. The molecule has 1 aromatic carbocycles. The Morgan fingerprint density at radius 2 is 1.74 bits per heavy atom. The maximum atomic E-state index is 12.5. The Bertz CT molecular complexity index is 498. The quantitative estimate of drug-likeness (QED) is 0.655. The number of ketones is 1. The Morgan fingerprint density at radius 3 is 2.39 bits per heavy atom. The fourth-order valence-corrected chi connectivity index (χ4v) is 2.39. The van der Waals surface area contributed by atoms with Gasteiger partial charge in [0.2, 0.25) is 0 Å². The summed E-state index contributed by atoms with van der Waals surface area (Å²) in [5.41, 5.74) is 0.673. The van der Waals surface area contributed by atoms with Crippen molar-refractivity contribution in [2.75, 3.05) is 46.1 Å². The fourth-order valence-electron chi connectivity index (χ4n) is 2.39. The number of nitrogens with zero attached hydrogens (tertiary/aromatic N) is 1. The van der Waals surface area contributed by atoms with E-state index in [1.807, 2.05) is 18.2 Å². The number of ether oxygens (including phenoxy) is 3. The van der Waals surface area contributed by atoms with Crippen LogP contribution in [0.3, 0.4) is 0 Å². The molecule has 0 amide bonds. The van der Waals surface area contributed by atoms with E-state index < -0.39 is 0 Å². The van der Waals surface area contributed by atoms with Gasteiger partial charge in [-0.1, -0.05) is 13.8 Å². The first-order valence-corrected chi connectivity index (χ1v) is 8.47. The molecular formula is C18H27NO4. The highest BCUT2D eigenvalue weighted by Gasteiger charge is 2.17. The lowest BCUT2D eigenvalue weighted by molar-refractivity contribution is 0.0371. The second-order valence-electron chi connectivity index (χ2n) is 5.67. The van der Waals surface area contributed by atoms with Gasteiger partial charge in [0.15, 0.2) is 17.3 Å². The van der Waals surface area contributed by atoms with Crippen molar-refractivity contribution < 1.29 is 19.0 Å². The van der Waals surface area contributed by atoms with E-state index in [4.69, 9.17) is 14.2 Å². The summed E-state index contributed by atoms with van der Waals surface area (Å²) in [7, 11) is 0. The Hall–Kier alpha value is -1.59. The Labute approximate surface area is 138 Å². The van der Waals surface area contributed by atoms with E-state index in [0.717, 1.165) is 25.9 Å². The minimum atomic E-state index is 0.107. The van der Waals surface area contributed by atoms with Crippen LogP contribution >= 0.6 is 0 Å². The molecule has 0 bridgehead atoms. The summed E-state index contributed by atoms with van der Waals surface area (Å²) < 4.78 is 16.8. The summed E-state index contributed by atoms with van der Waals surface area (Å²) in [6.07, 6.45) is 1.85. The molecule has 0 atom stereocenters. The first-order valence-electron chi connectivity index (χ1n) is 8.47. The molecule has 0 saturated carbocycles. The van der Waals surface area contributed by atoms with Gasteiger partial charge >= 0.3 is 0 Å². The van der Waals surface area contributed by atoms with Crippen LogP contribution in [0.4, 0.5) is 0 Å². The summed E-state index contributed by atoms with van der Waals surface area (Å²) >= 11 is 0. The molecule has 5 heteroatoms. The third-order valence-electron chi connectivity index (χ3n) is 3.66. The van der Waals surface area contributed by atoms with Gasteiger partial charge in [0.25, 0.3) is 0 Å². The predicted molar refractivity (Wildman–Crippen MR) is 89.6 cm³/mol. The van der Waals surface area contributed by atoms with Crippen molar-refractivity contribution in [1.29, 1.82) is 0 Å². The lowest BCUT2D eigenvalue weighted by atomic mass is 10.1. The molecule has 0 N–H and O–H groups in total. The van der Waals surface area contributed by atoms with Crippen molar-refractivity contribution in [3.63, 3.8) is 0 Å². The predicted octanol–water partition coefficient (Wildman–Crippen LogP) is 2.78. The number of rotatable bonds is 9. The smallest absolute Gasteiger partial charge is 0.176 e. The molecular weight excluding hydrogens is 294 g/mol. The molecule has 1 fully saturated rings. The second-order valence-corrected chi connectivity index (χ2v) is 5.67. The molecule has 0 radical (unpaired) electrons. The number of benzene rings is 1. The van der Waals surface area contributed by atoms with E-state index in [1.54, 1.807) is 0 Å². The van der Waals surface area contributed by atoms with Crippen molar-refractivity contribution in [3.05, 3.63) is 23.8 Å². The van der Waals surface area contributed by atoms with Crippen LogP contribution < -0.4 is 9.47 Å². The molecule has 5 nitrogen and oxygen atoms in total. The largest absolute Gasteiger partial charge is 0.490 e. The summed E-state index contributed by atoms with van der Waals surface area (Å²) in [6.45, 7) is 8.81. The normalized spacial score (nSPS) is 15.4. The fraction of sp³-hybridized carbons (Fsp3) is 0.611. The Kier molecular flexibility index (Phi) is 7.36. The minimum absolute atomic E-state index is 0.107. The second kappa shape index (κ2) is 9.53. The maximum Gasteiger partial charge on any atom is 0.176 e. The van der Waals surface area contributed by atoms with Crippen molar-refractivity contribution >= 4 is 5.78 Å². The Balaban J connectivity index is 2.06. The molecule has 1 aliphatic heterocycles. The molecule has 2 rings (SSSR count).